The van der Waals surface area contributed by atoms with Crippen molar-refractivity contribution < 1.29 is 23.9 Å². The van der Waals surface area contributed by atoms with Crippen molar-refractivity contribution in [2.45, 2.75) is 77.5 Å². The van der Waals surface area contributed by atoms with Crippen molar-refractivity contribution in [1.82, 2.24) is 5.32 Å². The van der Waals surface area contributed by atoms with Crippen LogP contribution in [0.4, 0.5) is 4.79 Å². The molecule has 4 rings (SSSR count). The first kappa shape index (κ1) is 21.0. The zero-order chi connectivity index (χ0) is 22.0. The summed E-state index contributed by atoms with van der Waals surface area (Å²) in [5, 5.41) is 2.76. The lowest BCUT2D eigenvalue weighted by molar-refractivity contribution is -0.132. The zero-order valence-electron chi connectivity index (χ0n) is 18.6. The fourth-order valence-corrected chi connectivity index (χ4v) is 5.78. The summed E-state index contributed by atoms with van der Waals surface area (Å²) in [6, 6.07) is 4.05. The molecule has 1 aliphatic carbocycles. The van der Waals surface area contributed by atoms with Crippen LogP contribution < -0.4 is 5.32 Å². The number of Topliss-reactive ketones (excluding diaryl/α,β-unsaturated/α-hetero) is 2. The second-order valence-corrected chi connectivity index (χ2v) is 10.3. The van der Waals surface area contributed by atoms with Crippen molar-refractivity contribution in [2.24, 2.45) is 11.8 Å². The number of carbonyl (C=O) groups excluding carboxylic acids is 3. The van der Waals surface area contributed by atoms with E-state index >= 15 is 0 Å². The minimum absolute atomic E-state index is 0.00974. The Morgan fingerprint density at radius 1 is 1.17 bits per heavy atom. The molecule has 1 amide bonds. The lowest BCUT2D eigenvalue weighted by Gasteiger charge is -2.31. The maximum atomic E-state index is 13.6. The molecule has 3 fully saturated rings. The Bertz CT molecular complexity index is 907. The van der Waals surface area contributed by atoms with E-state index in [0.29, 0.717) is 12.8 Å². The van der Waals surface area contributed by atoms with Gasteiger partial charge in [0.2, 0.25) is 0 Å². The Hall–Kier alpha value is -2.21. The molecule has 2 saturated heterocycles. The van der Waals surface area contributed by atoms with Gasteiger partial charge in [-0.15, -0.1) is 0 Å². The summed E-state index contributed by atoms with van der Waals surface area (Å²) in [6.45, 7) is 11.5. The third-order valence-corrected chi connectivity index (χ3v) is 6.72. The second-order valence-electron chi connectivity index (χ2n) is 10.3. The van der Waals surface area contributed by atoms with E-state index in [4.69, 9.17) is 9.47 Å². The van der Waals surface area contributed by atoms with Gasteiger partial charge in [0.05, 0.1) is 17.9 Å². The predicted molar refractivity (Wildman–Crippen MR) is 111 cm³/mol. The summed E-state index contributed by atoms with van der Waals surface area (Å²) in [5.74, 6) is -1.84. The van der Waals surface area contributed by atoms with Crippen LogP contribution in [-0.2, 0) is 19.1 Å². The number of nitrogens with one attached hydrogen (secondary N) is 1. The number of ether oxygens (including phenoxy) is 2. The Morgan fingerprint density at radius 3 is 2.40 bits per heavy atom. The summed E-state index contributed by atoms with van der Waals surface area (Å²) in [6.07, 6.45) is 0.533. The van der Waals surface area contributed by atoms with Crippen LogP contribution >= 0.6 is 0 Å². The molecule has 2 aliphatic heterocycles. The van der Waals surface area contributed by atoms with E-state index < -0.39 is 35.0 Å². The maximum absolute atomic E-state index is 13.6. The van der Waals surface area contributed by atoms with Crippen LogP contribution in [0.1, 0.15) is 61.8 Å². The molecule has 0 aromatic heterocycles. The third kappa shape index (κ3) is 3.25. The number of fused-ring (bicyclic) bond motifs is 5. The minimum atomic E-state index is -0.890. The monoisotopic (exact) mass is 413 g/mol. The van der Waals surface area contributed by atoms with Crippen molar-refractivity contribution in [2.75, 3.05) is 6.61 Å². The molecule has 0 radical (unpaired) electrons. The first-order valence-electron chi connectivity index (χ1n) is 10.7. The average Bonchev–Trinajstić information content (AvgIpc) is 3.24. The lowest BCUT2D eigenvalue weighted by atomic mass is 9.73. The Balaban J connectivity index is 1.61. The highest BCUT2D eigenvalue weighted by atomic mass is 16.6. The number of carbonyl (C=O) groups is 3. The van der Waals surface area contributed by atoms with Crippen LogP contribution in [0.5, 0.6) is 0 Å². The second kappa shape index (κ2) is 6.91. The van der Waals surface area contributed by atoms with Crippen LogP contribution in [0.2, 0.25) is 0 Å². The molecule has 30 heavy (non-hydrogen) atoms. The van der Waals surface area contributed by atoms with Gasteiger partial charge in [0.25, 0.3) is 0 Å². The fraction of sp³-hybridized carbons (Fsp3) is 0.625. The van der Waals surface area contributed by atoms with Crippen molar-refractivity contribution in [3.8, 4) is 0 Å². The number of amides is 1. The van der Waals surface area contributed by atoms with Crippen LogP contribution in [0.25, 0.3) is 0 Å². The molecule has 1 saturated carbocycles. The molecule has 6 heteroatoms. The van der Waals surface area contributed by atoms with Gasteiger partial charge in [-0.25, -0.2) is 4.79 Å². The first-order valence-corrected chi connectivity index (χ1v) is 10.7. The highest BCUT2D eigenvalue weighted by Crippen LogP contribution is 2.58. The molecule has 2 bridgehead atoms. The van der Waals surface area contributed by atoms with Crippen LogP contribution in [0, 0.1) is 32.6 Å². The van der Waals surface area contributed by atoms with Gasteiger partial charge in [0.1, 0.15) is 18.1 Å². The summed E-state index contributed by atoms with van der Waals surface area (Å²) in [5.41, 5.74) is 2.59. The van der Waals surface area contributed by atoms with Crippen molar-refractivity contribution in [1.29, 1.82) is 0 Å². The first-order chi connectivity index (χ1) is 13.9. The third-order valence-electron chi connectivity index (χ3n) is 6.72. The summed E-state index contributed by atoms with van der Waals surface area (Å²) in [7, 11) is 0. The van der Waals surface area contributed by atoms with E-state index in [1.54, 1.807) is 0 Å². The Morgan fingerprint density at radius 2 is 1.80 bits per heavy atom. The molecule has 1 N–H and O–H groups in total. The number of benzene rings is 1. The lowest BCUT2D eigenvalue weighted by Crippen LogP contribution is -2.47. The molecule has 5 atom stereocenters. The SMILES string of the molecule is Cc1cc(C)c(C2C(=O)[C@H]3[C@@H]4CC[C@@](COC(=O)NC(C)(C)C)(O4)[C@H]3C2=O)c(C)c1. The maximum Gasteiger partial charge on any atom is 0.407 e. The molecule has 1 aromatic rings. The largest absolute Gasteiger partial charge is 0.446 e. The molecule has 2 heterocycles. The van der Waals surface area contributed by atoms with E-state index in [1.165, 1.54) is 0 Å². The minimum Gasteiger partial charge on any atom is -0.446 e. The van der Waals surface area contributed by atoms with Gasteiger partial charge in [-0.3, -0.25) is 9.59 Å². The fourth-order valence-electron chi connectivity index (χ4n) is 5.78. The Kier molecular flexibility index (Phi) is 4.84. The highest BCUT2D eigenvalue weighted by molar-refractivity contribution is 6.17. The van der Waals surface area contributed by atoms with Crippen molar-refractivity contribution >= 4 is 17.7 Å². The molecular formula is C24H31NO5. The van der Waals surface area contributed by atoms with Gasteiger partial charge in [-0.05, 0) is 71.1 Å². The topological polar surface area (TPSA) is 81.7 Å². The van der Waals surface area contributed by atoms with Crippen LogP contribution in [-0.4, -0.2) is 41.5 Å². The quantitative estimate of drug-likeness (QED) is 0.767. The van der Waals surface area contributed by atoms with Gasteiger partial charge < -0.3 is 14.8 Å². The van der Waals surface area contributed by atoms with Gasteiger partial charge in [0, 0.05) is 5.54 Å². The van der Waals surface area contributed by atoms with E-state index in [0.717, 1.165) is 22.3 Å². The molecule has 0 spiro atoms. The standard InChI is InChI=1S/C24H31NO5/c1-12-9-13(2)16(14(3)10-12)18-20(26)17-15-7-8-24(30-15,19(17)21(18)27)11-29-22(28)25-23(4,5)6/h9-10,15,17-19H,7-8,11H2,1-6H3,(H,25,28)/t15-,17-,18?,19+,24-/m0/s1. The summed E-state index contributed by atoms with van der Waals surface area (Å²) < 4.78 is 11.6. The molecular weight excluding hydrogens is 382 g/mol. The summed E-state index contributed by atoms with van der Waals surface area (Å²) >= 11 is 0. The van der Waals surface area contributed by atoms with Crippen LogP contribution in [0.3, 0.4) is 0 Å². The van der Waals surface area contributed by atoms with Gasteiger partial charge in [-0.2, -0.15) is 0 Å². The summed E-state index contributed by atoms with van der Waals surface area (Å²) in [4.78, 5) is 39.2. The smallest absolute Gasteiger partial charge is 0.407 e. The zero-order valence-corrected chi connectivity index (χ0v) is 18.6. The number of alkyl carbamates (subject to hydrolysis) is 1. The molecule has 6 nitrogen and oxygen atoms in total. The number of hydrogen-bond acceptors (Lipinski definition) is 5. The number of ketones is 2. The Labute approximate surface area is 177 Å². The van der Waals surface area contributed by atoms with E-state index in [9.17, 15) is 14.4 Å². The van der Waals surface area contributed by atoms with E-state index in [-0.39, 0.29) is 24.3 Å². The van der Waals surface area contributed by atoms with Crippen LogP contribution in [0.15, 0.2) is 12.1 Å². The number of hydrogen-bond donors (Lipinski definition) is 1. The van der Waals surface area contributed by atoms with Crippen molar-refractivity contribution in [3.63, 3.8) is 0 Å². The van der Waals surface area contributed by atoms with Crippen molar-refractivity contribution in [3.05, 3.63) is 34.4 Å². The molecule has 1 aromatic carbocycles. The number of aryl methyl sites for hydroxylation is 3. The average molecular weight is 414 g/mol. The number of rotatable bonds is 3. The molecule has 1 unspecified atom stereocenters. The van der Waals surface area contributed by atoms with Gasteiger partial charge in [0.15, 0.2) is 11.6 Å². The normalized spacial score (nSPS) is 32.5. The van der Waals surface area contributed by atoms with E-state index in [2.05, 4.69) is 5.32 Å². The molecule has 3 aliphatic rings. The van der Waals surface area contributed by atoms with Gasteiger partial charge >= 0.3 is 6.09 Å². The highest BCUT2D eigenvalue weighted by Gasteiger charge is 2.70. The van der Waals surface area contributed by atoms with E-state index in [1.807, 2.05) is 53.7 Å². The predicted octanol–water partition coefficient (Wildman–Crippen LogP) is 3.54. The molecule has 162 valence electrons. The van der Waals surface area contributed by atoms with Gasteiger partial charge in [-0.1, -0.05) is 17.7 Å².